The Kier molecular flexibility index (Phi) is 6.10. The highest BCUT2D eigenvalue weighted by Gasteiger charge is 2.19. The van der Waals surface area contributed by atoms with Crippen molar-refractivity contribution >= 4 is 0 Å². The van der Waals surface area contributed by atoms with E-state index < -0.39 is 0 Å². The largest absolute Gasteiger partial charge is 0.497 e. The molecular formula is C18H24O3. The molecule has 1 N–H and O–H groups in total. The normalized spacial score (nSPS) is 21.5. The first kappa shape index (κ1) is 15.9. The molecule has 0 aromatic heterocycles. The fourth-order valence-corrected chi connectivity index (χ4v) is 2.81. The summed E-state index contributed by atoms with van der Waals surface area (Å²) in [5.41, 5.74) is 1.92. The molecule has 21 heavy (non-hydrogen) atoms. The Balaban J connectivity index is 2.05. The molecule has 2 atom stereocenters. The second-order valence-corrected chi connectivity index (χ2v) is 5.69. The Hall–Kier alpha value is -1.50. The van der Waals surface area contributed by atoms with E-state index in [0.717, 1.165) is 35.6 Å². The summed E-state index contributed by atoms with van der Waals surface area (Å²) in [4.78, 5) is 0. The number of methoxy groups -OCH3 is 1. The van der Waals surface area contributed by atoms with Gasteiger partial charge >= 0.3 is 0 Å². The summed E-state index contributed by atoms with van der Waals surface area (Å²) in [6.45, 7) is 2.70. The van der Waals surface area contributed by atoms with E-state index >= 15 is 0 Å². The van der Waals surface area contributed by atoms with Crippen molar-refractivity contribution in [2.75, 3.05) is 13.7 Å². The minimum Gasteiger partial charge on any atom is -0.497 e. The molecule has 0 bridgehead atoms. The van der Waals surface area contributed by atoms with Crippen molar-refractivity contribution in [1.29, 1.82) is 0 Å². The third kappa shape index (κ3) is 4.77. The minimum atomic E-state index is -0.132. The van der Waals surface area contributed by atoms with Gasteiger partial charge in [0, 0.05) is 5.56 Å². The van der Waals surface area contributed by atoms with Crippen molar-refractivity contribution in [3.63, 3.8) is 0 Å². The number of hydrogen-bond donors (Lipinski definition) is 1. The summed E-state index contributed by atoms with van der Waals surface area (Å²) in [5, 5.41) is 8.85. The van der Waals surface area contributed by atoms with Crippen LogP contribution in [0.3, 0.4) is 0 Å². The molecule has 0 saturated heterocycles. The first-order chi connectivity index (χ1) is 10.2. The Labute approximate surface area is 127 Å². The van der Waals surface area contributed by atoms with E-state index in [2.05, 4.69) is 18.8 Å². The van der Waals surface area contributed by atoms with Gasteiger partial charge in [0.25, 0.3) is 0 Å². The Morgan fingerprint density at radius 2 is 2.19 bits per heavy atom. The molecule has 1 aromatic rings. The number of rotatable bonds is 4. The molecule has 1 aliphatic carbocycles. The van der Waals surface area contributed by atoms with Crippen LogP contribution in [-0.4, -0.2) is 24.9 Å². The molecule has 3 nitrogen and oxygen atoms in total. The molecule has 2 unspecified atom stereocenters. The van der Waals surface area contributed by atoms with Gasteiger partial charge in [-0.3, -0.25) is 0 Å². The van der Waals surface area contributed by atoms with Crippen LogP contribution in [0.15, 0.2) is 18.2 Å². The first-order valence-electron chi connectivity index (χ1n) is 7.61. The summed E-state index contributed by atoms with van der Waals surface area (Å²) < 4.78 is 11.3. The quantitative estimate of drug-likeness (QED) is 0.865. The zero-order valence-corrected chi connectivity index (χ0v) is 12.9. The lowest BCUT2D eigenvalue weighted by Gasteiger charge is -2.27. The van der Waals surface area contributed by atoms with Crippen LogP contribution in [0.2, 0.25) is 0 Å². The Morgan fingerprint density at radius 3 is 2.90 bits per heavy atom. The molecule has 1 saturated carbocycles. The maximum atomic E-state index is 8.85. The van der Waals surface area contributed by atoms with Gasteiger partial charge in [-0.1, -0.05) is 31.6 Å². The van der Waals surface area contributed by atoms with E-state index in [4.69, 9.17) is 14.6 Å². The van der Waals surface area contributed by atoms with Crippen LogP contribution in [0.4, 0.5) is 0 Å². The zero-order chi connectivity index (χ0) is 15.1. The fraction of sp³-hybridized carbons (Fsp3) is 0.556. The Morgan fingerprint density at radius 1 is 1.33 bits per heavy atom. The van der Waals surface area contributed by atoms with E-state index in [1.165, 1.54) is 12.8 Å². The third-order valence-corrected chi connectivity index (χ3v) is 3.98. The van der Waals surface area contributed by atoms with Crippen LogP contribution < -0.4 is 4.74 Å². The summed E-state index contributed by atoms with van der Waals surface area (Å²) in [7, 11) is 1.65. The number of aliphatic hydroxyl groups excluding tert-OH is 1. The lowest BCUT2D eigenvalue weighted by Crippen LogP contribution is -2.21. The lowest BCUT2D eigenvalue weighted by molar-refractivity contribution is 0.00453. The second kappa shape index (κ2) is 8.07. The third-order valence-electron chi connectivity index (χ3n) is 3.98. The lowest BCUT2D eigenvalue weighted by atomic mass is 9.89. The molecule has 1 aliphatic rings. The molecule has 0 radical (unpaired) electrons. The van der Waals surface area contributed by atoms with Crippen molar-refractivity contribution in [3.05, 3.63) is 29.3 Å². The van der Waals surface area contributed by atoms with Gasteiger partial charge in [-0.05, 0) is 42.5 Å². The zero-order valence-electron chi connectivity index (χ0n) is 12.9. The van der Waals surface area contributed by atoms with E-state index in [9.17, 15) is 0 Å². The highest BCUT2D eigenvalue weighted by molar-refractivity contribution is 5.45. The predicted octanol–water partition coefficient (Wildman–Crippen LogP) is 3.13. The average molecular weight is 288 g/mol. The predicted molar refractivity (Wildman–Crippen MR) is 83.2 cm³/mol. The van der Waals surface area contributed by atoms with Crippen LogP contribution in [-0.2, 0) is 11.3 Å². The maximum absolute atomic E-state index is 8.85. The van der Waals surface area contributed by atoms with Crippen molar-refractivity contribution in [2.45, 2.75) is 45.3 Å². The highest BCUT2D eigenvalue weighted by atomic mass is 16.5. The maximum Gasteiger partial charge on any atom is 0.119 e. The standard InChI is InChI=1S/C18H24O3/c1-14-5-3-7-18(11-14)21-13-16-12-17(20-2)9-8-15(16)6-4-10-19/h8-9,12,14,18-19H,3,5,7,10-11,13H2,1-2H3. The van der Waals surface area contributed by atoms with Crippen molar-refractivity contribution in [3.8, 4) is 17.6 Å². The molecule has 3 heteroatoms. The van der Waals surface area contributed by atoms with Gasteiger partial charge in [0.05, 0.1) is 19.8 Å². The first-order valence-corrected chi connectivity index (χ1v) is 7.61. The van der Waals surface area contributed by atoms with E-state index in [1.807, 2.05) is 18.2 Å². The van der Waals surface area contributed by atoms with E-state index in [1.54, 1.807) is 7.11 Å². The van der Waals surface area contributed by atoms with Crippen molar-refractivity contribution < 1.29 is 14.6 Å². The number of aliphatic hydroxyl groups is 1. The topological polar surface area (TPSA) is 38.7 Å². The van der Waals surface area contributed by atoms with Gasteiger partial charge in [0.15, 0.2) is 0 Å². The SMILES string of the molecule is COc1ccc(C#CCO)c(COC2CCCC(C)C2)c1. The molecule has 0 amide bonds. The van der Waals surface area contributed by atoms with Gasteiger partial charge in [-0.2, -0.15) is 0 Å². The number of benzene rings is 1. The molecule has 0 spiro atoms. The monoisotopic (exact) mass is 288 g/mol. The molecule has 2 rings (SSSR count). The highest BCUT2D eigenvalue weighted by Crippen LogP contribution is 2.27. The van der Waals surface area contributed by atoms with E-state index in [-0.39, 0.29) is 6.61 Å². The number of ether oxygens (including phenoxy) is 2. The number of hydrogen-bond acceptors (Lipinski definition) is 3. The smallest absolute Gasteiger partial charge is 0.119 e. The van der Waals surface area contributed by atoms with Crippen LogP contribution in [0.25, 0.3) is 0 Å². The van der Waals surface area contributed by atoms with Gasteiger partial charge in [0.2, 0.25) is 0 Å². The molecule has 1 aromatic carbocycles. The van der Waals surface area contributed by atoms with E-state index in [0.29, 0.717) is 12.7 Å². The summed E-state index contributed by atoms with van der Waals surface area (Å²) in [5.74, 6) is 7.23. The molecular weight excluding hydrogens is 264 g/mol. The minimum absolute atomic E-state index is 0.132. The Bertz CT molecular complexity index is 513. The average Bonchev–Trinajstić information content (AvgIpc) is 2.51. The van der Waals surface area contributed by atoms with Crippen LogP contribution in [0, 0.1) is 17.8 Å². The van der Waals surface area contributed by atoms with Gasteiger partial charge in [-0.15, -0.1) is 0 Å². The summed E-state index contributed by atoms with van der Waals surface area (Å²) >= 11 is 0. The summed E-state index contributed by atoms with van der Waals surface area (Å²) in [6, 6.07) is 5.77. The molecule has 114 valence electrons. The fourth-order valence-electron chi connectivity index (χ4n) is 2.81. The van der Waals surface area contributed by atoms with Gasteiger partial charge in [-0.25, -0.2) is 0 Å². The summed E-state index contributed by atoms with van der Waals surface area (Å²) in [6.07, 6.45) is 5.19. The molecule has 0 heterocycles. The van der Waals surface area contributed by atoms with Crippen molar-refractivity contribution in [1.82, 2.24) is 0 Å². The van der Waals surface area contributed by atoms with Gasteiger partial charge in [0.1, 0.15) is 12.4 Å². The van der Waals surface area contributed by atoms with Crippen LogP contribution >= 0.6 is 0 Å². The van der Waals surface area contributed by atoms with Crippen LogP contribution in [0.1, 0.15) is 43.7 Å². The molecule has 1 fully saturated rings. The van der Waals surface area contributed by atoms with Crippen LogP contribution in [0.5, 0.6) is 5.75 Å². The van der Waals surface area contributed by atoms with Crippen molar-refractivity contribution in [2.24, 2.45) is 5.92 Å². The van der Waals surface area contributed by atoms with Gasteiger partial charge < -0.3 is 14.6 Å². The molecule has 0 aliphatic heterocycles. The second-order valence-electron chi connectivity index (χ2n) is 5.69.